The van der Waals surface area contributed by atoms with Gasteiger partial charge < -0.3 is 5.32 Å². The number of fused-ring (bicyclic) bond motifs is 1. The summed E-state index contributed by atoms with van der Waals surface area (Å²) < 4.78 is 26.9. The summed E-state index contributed by atoms with van der Waals surface area (Å²) in [6.07, 6.45) is 2.67. The molecule has 0 bridgehead atoms. The molecule has 4 nitrogen and oxygen atoms in total. The van der Waals surface area contributed by atoms with Gasteiger partial charge in [-0.05, 0) is 36.4 Å². The quantitative estimate of drug-likeness (QED) is 0.677. The molecule has 3 aromatic rings. The van der Waals surface area contributed by atoms with Crippen molar-refractivity contribution in [3.05, 3.63) is 58.8 Å². The fourth-order valence-corrected chi connectivity index (χ4v) is 3.44. The maximum Gasteiger partial charge on any atom is 0.252 e. The van der Waals surface area contributed by atoms with Crippen LogP contribution in [0.4, 0.5) is 8.78 Å². The number of rotatable bonds is 3. The van der Waals surface area contributed by atoms with E-state index in [0.717, 1.165) is 10.0 Å². The third-order valence-electron chi connectivity index (χ3n) is 4.42. The van der Waals surface area contributed by atoms with E-state index in [1.165, 1.54) is 0 Å². The highest BCUT2D eigenvalue weighted by Crippen LogP contribution is 2.37. The lowest BCUT2D eigenvalue weighted by Crippen LogP contribution is -2.50. The summed E-state index contributed by atoms with van der Waals surface area (Å²) >= 11 is 3.40. The van der Waals surface area contributed by atoms with Crippen LogP contribution in [-0.2, 0) is 0 Å². The SMILES string of the molecule is O=C(NC1CC(F)(F)C1)c1cc(-c2ccncc2)nc2ccc(Br)cc12. The molecular weight excluding hydrogens is 404 g/mol. The smallest absolute Gasteiger partial charge is 0.252 e. The minimum atomic E-state index is -2.68. The molecule has 0 aliphatic heterocycles. The largest absolute Gasteiger partial charge is 0.349 e. The van der Waals surface area contributed by atoms with Crippen LogP contribution < -0.4 is 5.32 Å². The van der Waals surface area contributed by atoms with Gasteiger partial charge in [-0.2, -0.15) is 0 Å². The molecular formula is C19H14BrF2N3O. The number of hydrogen-bond acceptors (Lipinski definition) is 3. The zero-order valence-corrected chi connectivity index (χ0v) is 15.1. The van der Waals surface area contributed by atoms with Crippen molar-refractivity contribution in [1.82, 2.24) is 15.3 Å². The summed E-state index contributed by atoms with van der Waals surface area (Å²) in [5.41, 5.74) is 2.53. The number of carbonyl (C=O) groups excluding carboxylic acids is 1. The molecule has 1 aliphatic rings. The third-order valence-corrected chi connectivity index (χ3v) is 4.91. The highest BCUT2D eigenvalue weighted by Gasteiger charge is 2.46. The van der Waals surface area contributed by atoms with Gasteiger partial charge in [-0.1, -0.05) is 15.9 Å². The molecule has 1 aliphatic carbocycles. The second kappa shape index (κ2) is 6.39. The summed E-state index contributed by atoms with van der Waals surface area (Å²) in [5, 5.41) is 3.37. The molecule has 1 saturated carbocycles. The van der Waals surface area contributed by atoms with Crippen LogP contribution in [-0.4, -0.2) is 27.8 Å². The fourth-order valence-electron chi connectivity index (χ4n) is 3.08. The molecule has 1 N–H and O–H groups in total. The van der Waals surface area contributed by atoms with Gasteiger partial charge in [0.2, 0.25) is 0 Å². The Kier molecular flexibility index (Phi) is 4.19. The summed E-state index contributed by atoms with van der Waals surface area (Å²) in [5.74, 6) is -3.05. The minimum absolute atomic E-state index is 0.317. The molecule has 2 heterocycles. The molecule has 0 atom stereocenters. The maximum absolute atomic E-state index is 13.1. The first-order chi connectivity index (χ1) is 12.4. The van der Waals surface area contributed by atoms with Crippen LogP contribution in [0.2, 0.25) is 0 Å². The van der Waals surface area contributed by atoms with Gasteiger partial charge in [0.1, 0.15) is 0 Å². The molecule has 7 heteroatoms. The first kappa shape index (κ1) is 17.0. The van der Waals surface area contributed by atoms with Crippen molar-refractivity contribution in [2.45, 2.75) is 24.8 Å². The second-order valence-electron chi connectivity index (χ2n) is 6.39. The third kappa shape index (κ3) is 3.31. The summed E-state index contributed by atoms with van der Waals surface area (Å²) in [7, 11) is 0. The average Bonchev–Trinajstić information content (AvgIpc) is 2.60. The van der Waals surface area contributed by atoms with Crippen LogP contribution in [0.5, 0.6) is 0 Å². The summed E-state index contributed by atoms with van der Waals surface area (Å²) in [4.78, 5) is 21.4. The van der Waals surface area contributed by atoms with E-state index in [1.54, 1.807) is 30.6 Å². The van der Waals surface area contributed by atoms with Crippen LogP contribution in [0, 0.1) is 0 Å². The van der Waals surface area contributed by atoms with E-state index in [-0.39, 0.29) is 18.7 Å². The lowest BCUT2D eigenvalue weighted by Gasteiger charge is -2.35. The van der Waals surface area contributed by atoms with E-state index < -0.39 is 12.0 Å². The first-order valence-electron chi connectivity index (χ1n) is 8.11. The topological polar surface area (TPSA) is 54.9 Å². The second-order valence-corrected chi connectivity index (χ2v) is 7.30. The molecule has 0 radical (unpaired) electrons. The number of nitrogens with one attached hydrogen (secondary N) is 1. The number of pyridine rings is 2. The van der Waals surface area contributed by atoms with Crippen LogP contribution in [0.15, 0.2) is 53.3 Å². The predicted octanol–water partition coefficient (Wildman–Crippen LogP) is 4.59. The number of alkyl halides is 2. The van der Waals surface area contributed by atoms with Crippen molar-refractivity contribution >= 4 is 32.7 Å². The Morgan fingerprint density at radius 1 is 1.15 bits per heavy atom. The number of halogens is 3. The van der Waals surface area contributed by atoms with E-state index in [4.69, 9.17) is 0 Å². The molecule has 4 rings (SSSR count). The predicted molar refractivity (Wildman–Crippen MR) is 98.1 cm³/mol. The van der Waals surface area contributed by atoms with Crippen molar-refractivity contribution in [3.8, 4) is 11.3 Å². The van der Waals surface area contributed by atoms with Gasteiger partial charge in [0, 0.05) is 46.7 Å². The number of aromatic nitrogens is 2. The summed E-state index contributed by atoms with van der Waals surface area (Å²) in [6, 6.07) is 10.3. The molecule has 132 valence electrons. The molecule has 2 aromatic heterocycles. The highest BCUT2D eigenvalue weighted by molar-refractivity contribution is 9.10. The van der Waals surface area contributed by atoms with Gasteiger partial charge >= 0.3 is 0 Å². The summed E-state index contributed by atoms with van der Waals surface area (Å²) in [6.45, 7) is 0. The van der Waals surface area contributed by atoms with Crippen molar-refractivity contribution in [2.75, 3.05) is 0 Å². The standard InChI is InChI=1S/C19H14BrF2N3O/c20-12-1-2-16-14(7-12)15(18(26)24-13-9-19(21,22)10-13)8-17(25-16)11-3-5-23-6-4-11/h1-8,13H,9-10H2,(H,24,26). The Balaban J connectivity index is 1.76. The zero-order chi connectivity index (χ0) is 18.3. The van der Waals surface area contributed by atoms with E-state index in [9.17, 15) is 13.6 Å². The van der Waals surface area contributed by atoms with Crippen molar-refractivity contribution in [3.63, 3.8) is 0 Å². The van der Waals surface area contributed by atoms with Crippen molar-refractivity contribution < 1.29 is 13.6 Å². The molecule has 0 saturated heterocycles. The van der Waals surface area contributed by atoms with E-state index in [2.05, 4.69) is 31.2 Å². The van der Waals surface area contributed by atoms with E-state index in [1.807, 2.05) is 18.2 Å². The van der Waals surface area contributed by atoms with Crippen LogP contribution >= 0.6 is 15.9 Å². The monoisotopic (exact) mass is 417 g/mol. The van der Waals surface area contributed by atoms with Crippen LogP contribution in [0.3, 0.4) is 0 Å². The molecule has 0 unspecified atom stereocenters. The maximum atomic E-state index is 13.1. The Bertz CT molecular complexity index is 987. The number of benzene rings is 1. The van der Waals surface area contributed by atoms with Gasteiger partial charge in [0.05, 0.1) is 16.8 Å². The minimum Gasteiger partial charge on any atom is -0.349 e. The number of amides is 1. The Labute approximate surface area is 156 Å². The molecule has 26 heavy (non-hydrogen) atoms. The van der Waals surface area contributed by atoms with Gasteiger partial charge in [0.25, 0.3) is 11.8 Å². The Morgan fingerprint density at radius 3 is 2.58 bits per heavy atom. The Hall–Kier alpha value is -2.41. The molecule has 1 amide bonds. The lowest BCUT2D eigenvalue weighted by atomic mass is 9.88. The average molecular weight is 418 g/mol. The van der Waals surface area contributed by atoms with Crippen molar-refractivity contribution in [2.24, 2.45) is 0 Å². The van der Waals surface area contributed by atoms with Gasteiger partial charge in [-0.15, -0.1) is 0 Å². The van der Waals surface area contributed by atoms with E-state index in [0.29, 0.717) is 22.2 Å². The molecule has 0 spiro atoms. The van der Waals surface area contributed by atoms with Crippen molar-refractivity contribution in [1.29, 1.82) is 0 Å². The first-order valence-corrected chi connectivity index (χ1v) is 8.90. The van der Waals surface area contributed by atoms with Crippen LogP contribution in [0.1, 0.15) is 23.2 Å². The number of carbonyl (C=O) groups is 1. The van der Waals surface area contributed by atoms with Gasteiger partial charge in [-0.3, -0.25) is 9.78 Å². The van der Waals surface area contributed by atoms with E-state index >= 15 is 0 Å². The number of hydrogen-bond donors (Lipinski definition) is 1. The van der Waals surface area contributed by atoms with Gasteiger partial charge in [0.15, 0.2) is 0 Å². The fraction of sp³-hybridized carbons (Fsp3) is 0.211. The Morgan fingerprint density at radius 2 is 1.88 bits per heavy atom. The normalized spacial score (nSPS) is 16.3. The van der Waals surface area contributed by atoms with Gasteiger partial charge in [-0.25, -0.2) is 13.8 Å². The molecule has 1 fully saturated rings. The van der Waals surface area contributed by atoms with Crippen LogP contribution in [0.25, 0.3) is 22.2 Å². The molecule has 1 aromatic carbocycles. The number of nitrogens with zero attached hydrogens (tertiary/aromatic N) is 2. The highest BCUT2D eigenvalue weighted by atomic mass is 79.9. The lowest BCUT2D eigenvalue weighted by molar-refractivity contribution is -0.0901. The zero-order valence-electron chi connectivity index (χ0n) is 13.5.